The number of carbonyl (C=O) groups excluding carboxylic acids is 1. The number of amides is 1. The lowest BCUT2D eigenvalue weighted by Crippen LogP contribution is -2.14. The molecule has 0 spiro atoms. The fraction of sp³-hybridized carbons (Fsp3) is 0. The summed E-state index contributed by atoms with van der Waals surface area (Å²) < 4.78 is 15.1. The summed E-state index contributed by atoms with van der Waals surface area (Å²) in [6.07, 6.45) is 3.11. The Morgan fingerprint density at radius 2 is 2.00 bits per heavy atom. The van der Waals surface area contributed by atoms with Crippen LogP contribution in [-0.4, -0.2) is 15.9 Å². The zero-order valence-electron chi connectivity index (χ0n) is 12.1. The van der Waals surface area contributed by atoms with E-state index < -0.39 is 11.7 Å². The molecule has 0 aliphatic rings. The average Bonchev–Trinajstić information content (AvgIpc) is 2.57. The van der Waals surface area contributed by atoms with Gasteiger partial charge in [-0.25, -0.2) is 9.37 Å². The number of aromatic nitrogens is 2. The van der Waals surface area contributed by atoms with E-state index in [-0.39, 0.29) is 5.56 Å². The molecule has 0 atom stereocenters. The number of carbonyl (C=O) groups is 1. The molecule has 2 aromatic heterocycles. The van der Waals surface area contributed by atoms with Crippen LogP contribution in [0, 0.1) is 5.82 Å². The number of anilines is 1. The summed E-state index contributed by atoms with van der Waals surface area (Å²) in [4.78, 5) is 20.3. The Hall–Kier alpha value is -2.31. The molecule has 120 valence electrons. The van der Waals surface area contributed by atoms with E-state index in [0.29, 0.717) is 22.1 Å². The van der Waals surface area contributed by atoms with Gasteiger partial charge in [-0.15, -0.1) is 0 Å². The smallest absolute Gasteiger partial charge is 0.259 e. The zero-order chi connectivity index (χ0) is 17.1. The Morgan fingerprint density at radius 1 is 1.17 bits per heavy atom. The van der Waals surface area contributed by atoms with Crippen LogP contribution in [0.1, 0.15) is 10.4 Å². The van der Waals surface area contributed by atoms with Gasteiger partial charge in [0.1, 0.15) is 11.6 Å². The normalized spacial score (nSPS) is 10.5. The minimum atomic E-state index is -0.663. The van der Waals surface area contributed by atoms with Crippen molar-refractivity contribution >= 4 is 39.3 Å². The van der Waals surface area contributed by atoms with Gasteiger partial charge in [-0.1, -0.05) is 17.7 Å². The van der Waals surface area contributed by atoms with Crippen LogP contribution in [0.4, 0.5) is 10.2 Å². The largest absolute Gasteiger partial charge is 0.306 e. The topological polar surface area (TPSA) is 54.9 Å². The minimum absolute atomic E-state index is 0.0875. The molecule has 0 bridgehead atoms. The summed E-state index contributed by atoms with van der Waals surface area (Å²) in [5, 5.41) is 2.95. The Balaban J connectivity index is 1.86. The first kappa shape index (κ1) is 16.5. The highest BCUT2D eigenvalue weighted by atomic mass is 79.9. The second-order valence-electron chi connectivity index (χ2n) is 4.84. The molecule has 0 aliphatic carbocycles. The molecule has 0 saturated carbocycles. The summed E-state index contributed by atoms with van der Waals surface area (Å²) in [5.41, 5.74) is 0.867. The van der Waals surface area contributed by atoms with E-state index in [1.165, 1.54) is 18.3 Å². The van der Waals surface area contributed by atoms with Gasteiger partial charge in [0.05, 0.1) is 16.3 Å². The Kier molecular flexibility index (Phi) is 4.87. The van der Waals surface area contributed by atoms with Crippen molar-refractivity contribution in [1.82, 2.24) is 9.97 Å². The Morgan fingerprint density at radius 3 is 2.67 bits per heavy atom. The van der Waals surface area contributed by atoms with E-state index in [0.717, 1.165) is 4.47 Å². The van der Waals surface area contributed by atoms with Gasteiger partial charge in [0.15, 0.2) is 0 Å². The lowest BCUT2D eigenvalue weighted by molar-refractivity contribution is 0.102. The van der Waals surface area contributed by atoms with Gasteiger partial charge in [0.25, 0.3) is 5.91 Å². The standard InChI is InChI=1S/C17H10BrClFN3O/c18-11-4-6-15(22-9-11)23-17(24)12-5-3-10(8-14(12)20)16-13(19)2-1-7-21-16/h1-9H,(H,22,23,24). The van der Waals surface area contributed by atoms with Crippen molar-refractivity contribution in [1.29, 1.82) is 0 Å². The maximum Gasteiger partial charge on any atom is 0.259 e. The molecule has 2 heterocycles. The number of nitrogens with one attached hydrogen (secondary N) is 1. The predicted octanol–water partition coefficient (Wildman–Crippen LogP) is 4.95. The van der Waals surface area contributed by atoms with Crippen molar-refractivity contribution in [3.63, 3.8) is 0 Å². The molecule has 24 heavy (non-hydrogen) atoms. The second kappa shape index (κ2) is 7.07. The highest BCUT2D eigenvalue weighted by molar-refractivity contribution is 9.10. The van der Waals surface area contributed by atoms with Crippen LogP contribution in [0.25, 0.3) is 11.3 Å². The number of benzene rings is 1. The Labute approximate surface area is 150 Å². The molecular formula is C17H10BrClFN3O. The van der Waals surface area contributed by atoms with E-state index in [1.807, 2.05) is 0 Å². The molecule has 7 heteroatoms. The molecule has 0 saturated heterocycles. The zero-order valence-corrected chi connectivity index (χ0v) is 14.5. The molecule has 3 rings (SSSR count). The number of pyridine rings is 2. The molecule has 3 aromatic rings. The van der Waals surface area contributed by atoms with Crippen LogP contribution in [-0.2, 0) is 0 Å². The van der Waals surface area contributed by atoms with Crippen molar-refractivity contribution in [3.8, 4) is 11.3 Å². The molecule has 0 radical (unpaired) electrons. The highest BCUT2D eigenvalue weighted by Gasteiger charge is 2.15. The van der Waals surface area contributed by atoms with Gasteiger partial charge in [0.2, 0.25) is 0 Å². The third kappa shape index (κ3) is 3.60. The molecule has 1 aromatic carbocycles. The number of hydrogen-bond donors (Lipinski definition) is 1. The minimum Gasteiger partial charge on any atom is -0.306 e. The molecule has 0 unspecified atom stereocenters. The van der Waals surface area contributed by atoms with Crippen molar-refractivity contribution in [2.45, 2.75) is 0 Å². The lowest BCUT2D eigenvalue weighted by Gasteiger charge is -2.08. The summed E-state index contributed by atoms with van der Waals surface area (Å²) in [7, 11) is 0. The third-order valence-electron chi connectivity index (χ3n) is 3.21. The number of hydrogen-bond acceptors (Lipinski definition) is 3. The van der Waals surface area contributed by atoms with Crippen molar-refractivity contribution in [2.75, 3.05) is 5.32 Å². The second-order valence-corrected chi connectivity index (χ2v) is 6.17. The molecule has 0 fully saturated rings. The van der Waals surface area contributed by atoms with Crippen molar-refractivity contribution < 1.29 is 9.18 Å². The summed E-state index contributed by atoms with van der Waals surface area (Å²) in [5.74, 6) is -0.913. The van der Waals surface area contributed by atoms with Crippen molar-refractivity contribution in [2.24, 2.45) is 0 Å². The fourth-order valence-electron chi connectivity index (χ4n) is 2.08. The quantitative estimate of drug-likeness (QED) is 0.669. The first-order chi connectivity index (χ1) is 11.5. The maximum absolute atomic E-state index is 14.3. The van der Waals surface area contributed by atoms with Crippen molar-refractivity contribution in [3.05, 3.63) is 75.7 Å². The summed E-state index contributed by atoms with van der Waals surface area (Å²) >= 11 is 9.31. The van der Waals surface area contributed by atoms with E-state index >= 15 is 0 Å². The SMILES string of the molecule is O=C(Nc1ccc(Br)cn1)c1ccc(-c2ncccc2Cl)cc1F. The summed E-state index contributed by atoms with van der Waals surface area (Å²) in [6.45, 7) is 0. The Bertz CT molecular complexity index is 903. The molecule has 1 amide bonds. The van der Waals surface area contributed by atoms with Gasteiger partial charge < -0.3 is 5.32 Å². The molecule has 4 nitrogen and oxygen atoms in total. The maximum atomic E-state index is 14.3. The van der Waals surface area contributed by atoms with Gasteiger partial charge in [-0.3, -0.25) is 9.78 Å². The van der Waals surface area contributed by atoms with Gasteiger partial charge in [-0.05, 0) is 52.3 Å². The number of halogens is 3. The molecule has 1 N–H and O–H groups in total. The first-order valence-electron chi connectivity index (χ1n) is 6.88. The van der Waals surface area contributed by atoms with Gasteiger partial charge in [0, 0.05) is 22.4 Å². The van der Waals surface area contributed by atoms with E-state index in [1.54, 1.807) is 36.5 Å². The van der Waals surface area contributed by atoms with Crippen LogP contribution >= 0.6 is 27.5 Å². The molecule has 0 aliphatic heterocycles. The van der Waals surface area contributed by atoms with Crippen LogP contribution in [0.15, 0.2) is 59.3 Å². The van der Waals surface area contributed by atoms with E-state index in [9.17, 15) is 9.18 Å². The summed E-state index contributed by atoms with van der Waals surface area (Å²) in [6, 6.07) is 10.9. The van der Waals surface area contributed by atoms with E-state index in [4.69, 9.17) is 11.6 Å². The lowest BCUT2D eigenvalue weighted by atomic mass is 10.1. The van der Waals surface area contributed by atoms with Crippen LogP contribution in [0.2, 0.25) is 5.02 Å². The van der Waals surface area contributed by atoms with Crippen LogP contribution in [0.5, 0.6) is 0 Å². The van der Waals surface area contributed by atoms with Crippen LogP contribution in [0.3, 0.4) is 0 Å². The highest BCUT2D eigenvalue weighted by Crippen LogP contribution is 2.26. The first-order valence-corrected chi connectivity index (χ1v) is 8.05. The molecular weight excluding hydrogens is 397 g/mol. The third-order valence-corrected chi connectivity index (χ3v) is 3.99. The number of nitrogens with zero attached hydrogens (tertiary/aromatic N) is 2. The monoisotopic (exact) mass is 405 g/mol. The average molecular weight is 407 g/mol. The fourth-order valence-corrected chi connectivity index (χ4v) is 2.54. The predicted molar refractivity (Wildman–Crippen MR) is 94.5 cm³/mol. The van der Waals surface area contributed by atoms with Crippen LogP contribution < -0.4 is 5.32 Å². The van der Waals surface area contributed by atoms with Gasteiger partial charge in [-0.2, -0.15) is 0 Å². The van der Waals surface area contributed by atoms with E-state index in [2.05, 4.69) is 31.2 Å². The number of rotatable bonds is 3. The van der Waals surface area contributed by atoms with Gasteiger partial charge >= 0.3 is 0 Å².